The fourth-order valence-electron chi connectivity index (χ4n) is 4.76. The van der Waals surface area contributed by atoms with Gasteiger partial charge in [-0.05, 0) is 17.4 Å². The molecule has 3 aliphatic carbocycles. The monoisotopic (exact) mass is 312 g/mol. The number of Topliss-reactive ketones (excluding diaryl/α,β-unsaturated/α-hetero) is 1. The van der Waals surface area contributed by atoms with Gasteiger partial charge in [0.1, 0.15) is 0 Å². The number of aliphatic hydroxyl groups is 1. The van der Waals surface area contributed by atoms with Gasteiger partial charge in [0.05, 0.1) is 18.6 Å². The molecule has 1 spiro atoms. The highest BCUT2D eigenvalue weighted by molar-refractivity contribution is 6.00. The van der Waals surface area contributed by atoms with Crippen molar-refractivity contribution in [1.29, 1.82) is 0 Å². The van der Waals surface area contributed by atoms with Crippen molar-refractivity contribution in [2.75, 3.05) is 13.2 Å². The first-order chi connectivity index (χ1) is 10.8. The van der Waals surface area contributed by atoms with E-state index in [0.29, 0.717) is 6.61 Å². The number of aliphatic hydroxyl groups excluding tert-OH is 1. The first-order valence-corrected chi connectivity index (χ1v) is 8.43. The Balaban J connectivity index is 1.90. The molecule has 122 valence electrons. The van der Waals surface area contributed by atoms with Crippen LogP contribution in [0.25, 0.3) is 0 Å². The molecule has 1 aliphatic heterocycles. The maximum Gasteiger partial charge on any atom is 0.180 e. The van der Waals surface area contributed by atoms with Crippen LogP contribution in [0, 0.1) is 16.7 Å². The second-order valence-corrected chi connectivity index (χ2v) is 8.31. The van der Waals surface area contributed by atoms with Gasteiger partial charge in [-0.25, -0.2) is 0 Å². The second-order valence-electron chi connectivity index (χ2n) is 8.31. The van der Waals surface area contributed by atoms with Gasteiger partial charge in [0, 0.05) is 11.8 Å². The van der Waals surface area contributed by atoms with Crippen molar-refractivity contribution in [3.05, 3.63) is 47.5 Å². The van der Waals surface area contributed by atoms with Crippen LogP contribution in [0.4, 0.5) is 0 Å². The van der Waals surface area contributed by atoms with Gasteiger partial charge in [-0.3, -0.25) is 4.79 Å². The third-order valence-corrected chi connectivity index (χ3v) is 6.04. The summed E-state index contributed by atoms with van der Waals surface area (Å²) in [6.07, 6.45) is 2.97. The summed E-state index contributed by atoms with van der Waals surface area (Å²) >= 11 is 0. The van der Waals surface area contributed by atoms with Gasteiger partial charge in [0.2, 0.25) is 0 Å². The SMILES string of the molecule is CC(C)(C)C1=CC2(CO)C(=O)[C@]3(CO3)C1CC2c1ccccc1. The van der Waals surface area contributed by atoms with Crippen LogP contribution in [-0.4, -0.2) is 29.7 Å². The van der Waals surface area contributed by atoms with Crippen LogP contribution in [0.5, 0.6) is 0 Å². The molecule has 1 saturated carbocycles. The van der Waals surface area contributed by atoms with Gasteiger partial charge < -0.3 is 9.84 Å². The summed E-state index contributed by atoms with van der Waals surface area (Å²) in [7, 11) is 0. The van der Waals surface area contributed by atoms with E-state index in [1.165, 1.54) is 5.57 Å². The molecule has 1 N–H and O–H groups in total. The molecule has 1 saturated heterocycles. The number of ether oxygens (including phenoxy) is 1. The Morgan fingerprint density at radius 1 is 1.22 bits per heavy atom. The van der Waals surface area contributed by atoms with E-state index in [1.807, 2.05) is 18.2 Å². The average Bonchev–Trinajstić information content (AvgIpc) is 3.33. The standard InChI is InChI=1S/C20H24O3/c1-18(2,3)16-10-19(11-21)14(13-7-5-4-6-8-13)9-15(16)20(12-23-20)17(19)22/h4-8,10,14-15,21H,9,11-12H2,1-3H3/t14?,15?,19?,20-/m0/s1. The molecule has 23 heavy (non-hydrogen) atoms. The first-order valence-electron chi connectivity index (χ1n) is 8.43. The molecule has 5 rings (SSSR count). The maximum atomic E-state index is 13.3. The lowest BCUT2D eigenvalue weighted by Crippen LogP contribution is -2.60. The van der Waals surface area contributed by atoms with E-state index >= 15 is 0 Å². The molecule has 4 aliphatic rings. The van der Waals surface area contributed by atoms with Crippen molar-refractivity contribution in [2.45, 2.75) is 38.7 Å². The zero-order valence-electron chi connectivity index (χ0n) is 14.0. The Kier molecular flexibility index (Phi) is 2.99. The molecule has 0 aromatic heterocycles. The minimum atomic E-state index is -0.838. The van der Waals surface area contributed by atoms with Gasteiger partial charge in [-0.2, -0.15) is 0 Å². The lowest BCUT2D eigenvalue weighted by atomic mass is 9.48. The smallest absolute Gasteiger partial charge is 0.180 e. The number of fused-ring (bicyclic) bond motifs is 1. The van der Waals surface area contributed by atoms with E-state index < -0.39 is 11.0 Å². The summed E-state index contributed by atoms with van der Waals surface area (Å²) in [5, 5.41) is 10.3. The Labute approximate surface area is 137 Å². The van der Waals surface area contributed by atoms with E-state index in [4.69, 9.17) is 4.74 Å². The van der Waals surface area contributed by atoms with Crippen molar-refractivity contribution < 1.29 is 14.6 Å². The fraction of sp³-hybridized carbons (Fsp3) is 0.550. The Bertz CT molecular complexity index is 679. The predicted octanol–water partition coefficient (Wildman–Crippen LogP) is 3.09. The lowest BCUT2D eigenvalue weighted by Gasteiger charge is -2.53. The van der Waals surface area contributed by atoms with E-state index in [9.17, 15) is 9.90 Å². The number of epoxide rings is 1. The van der Waals surface area contributed by atoms with E-state index in [1.54, 1.807) is 0 Å². The Morgan fingerprint density at radius 3 is 2.39 bits per heavy atom. The zero-order chi connectivity index (χ0) is 16.5. The van der Waals surface area contributed by atoms with E-state index in [-0.39, 0.29) is 29.6 Å². The largest absolute Gasteiger partial charge is 0.395 e. The van der Waals surface area contributed by atoms with Gasteiger partial charge in [-0.1, -0.05) is 62.8 Å². The van der Waals surface area contributed by atoms with Gasteiger partial charge in [0.25, 0.3) is 0 Å². The molecule has 4 atom stereocenters. The molecule has 3 unspecified atom stereocenters. The van der Waals surface area contributed by atoms with Crippen molar-refractivity contribution in [3.8, 4) is 0 Å². The van der Waals surface area contributed by atoms with E-state index in [2.05, 4.69) is 39.0 Å². The molecule has 3 nitrogen and oxygen atoms in total. The number of benzene rings is 1. The van der Waals surface area contributed by atoms with Crippen LogP contribution >= 0.6 is 0 Å². The van der Waals surface area contributed by atoms with Crippen LogP contribution < -0.4 is 0 Å². The molecule has 1 heterocycles. The van der Waals surface area contributed by atoms with Gasteiger partial charge >= 0.3 is 0 Å². The van der Waals surface area contributed by atoms with Crippen molar-refractivity contribution in [3.63, 3.8) is 0 Å². The molecular weight excluding hydrogens is 288 g/mol. The van der Waals surface area contributed by atoms with Crippen molar-refractivity contribution in [1.82, 2.24) is 0 Å². The zero-order valence-corrected chi connectivity index (χ0v) is 14.0. The molecule has 3 heteroatoms. The molecule has 1 aromatic rings. The minimum absolute atomic E-state index is 0.0214. The van der Waals surface area contributed by atoms with Crippen molar-refractivity contribution in [2.24, 2.45) is 16.7 Å². The molecular formula is C20H24O3. The molecule has 0 amide bonds. The van der Waals surface area contributed by atoms with Crippen LogP contribution in [0.2, 0.25) is 0 Å². The number of carbonyl (C=O) groups is 1. The highest BCUT2D eigenvalue weighted by atomic mass is 16.6. The van der Waals surface area contributed by atoms with Crippen LogP contribution in [-0.2, 0) is 9.53 Å². The third-order valence-electron chi connectivity index (χ3n) is 6.04. The maximum absolute atomic E-state index is 13.3. The van der Waals surface area contributed by atoms with Gasteiger partial charge in [0.15, 0.2) is 11.4 Å². The molecule has 0 radical (unpaired) electrons. The van der Waals surface area contributed by atoms with Gasteiger partial charge in [-0.15, -0.1) is 0 Å². The summed E-state index contributed by atoms with van der Waals surface area (Å²) in [5.41, 5.74) is 0.892. The quantitative estimate of drug-likeness (QED) is 0.674. The van der Waals surface area contributed by atoms with Crippen LogP contribution in [0.1, 0.15) is 38.7 Å². The average molecular weight is 312 g/mol. The van der Waals surface area contributed by atoms with E-state index in [0.717, 1.165) is 12.0 Å². The topological polar surface area (TPSA) is 49.8 Å². The highest BCUT2D eigenvalue weighted by Gasteiger charge is 2.72. The summed E-state index contributed by atoms with van der Waals surface area (Å²) in [4.78, 5) is 13.3. The summed E-state index contributed by atoms with van der Waals surface area (Å²) < 4.78 is 5.72. The first kappa shape index (κ1) is 15.1. The fourth-order valence-corrected chi connectivity index (χ4v) is 4.76. The second kappa shape index (κ2) is 4.55. The van der Waals surface area contributed by atoms with Crippen LogP contribution in [0.3, 0.4) is 0 Å². The lowest BCUT2D eigenvalue weighted by molar-refractivity contribution is -0.143. The minimum Gasteiger partial charge on any atom is -0.395 e. The van der Waals surface area contributed by atoms with Crippen LogP contribution in [0.15, 0.2) is 42.0 Å². The predicted molar refractivity (Wildman–Crippen MR) is 88.0 cm³/mol. The Morgan fingerprint density at radius 2 is 1.87 bits per heavy atom. The highest BCUT2D eigenvalue weighted by Crippen LogP contribution is 2.64. The number of carbonyl (C=O) groups excluding carboxylic acids is 1. The molecule has 1 aromatic carbocycles. The summed E-state index contributed by atoms with van der Waals surface area (Å²) in [5.74, 6) is 0.256. The summed E-state index contributed by atoms with van der Waals surface area (Å²) in [6, 6.07) is 10.1. The normalized spacial score (nSPS) is 38.8. The number of hydrogen-bond acceptors (Lipinski definition) is 3. The Hall–Kier alpha value is -1.45. The summed E-state index contributed by atoms with van der Waals surface area (Å²) in [6.45, 7) is 6.91. The number of ketones is 1. The number of rotatable bonds is 2. The van der Waals surface area contributed by atoms with Crippen molar-refractivity contribution >= 4 is 5.78 Å². The third kappa shape index (κ3) is 1.87. The molecule has 2 fully saturated rings. The molecule has 2 bridgehead atoms. The number of hydrogen-bond donors (Lipinski definition) is 1.